The molecule has 144 valence electrons. The van der Waals surface area contributed by atoms with Crippen LogP contribution < -0.4 is 8.92 Å². The van der Waals surface area contributed by atoms with Crippen molar-refractivity contribution < 1.29 is 17.3 Å². The maximum absolute atomic E-state index is 12.6. The van der Waals surface area contributed by atoms with Gasteiger partial charge in [-0.3, -0.25) is 4.99 Å². The van der Waals surface area contributed by atoms with Gasteiger partial charge in [-0.15, -0.1) is 0 Å². The summed E-state index contributed by atoms with van der Waals surface area (Å²) >= 11 is 0. The predicted molar refractivity (Wildman–Crippen MR) is 110 cm³/mol. The van der Waals surface area contributed by atoms with Crippen LogP contribution in [-0.4, -0.2) is 21.2 Å². The highest BCUT2D eigenvalue weighted by Gasteiger charge is 2.17. The van der Waals surface area contributed by atoms with E-state index in [2.05, 4.69) is 4.99 Å². The van der Waals surface area contributed by atoms with Crippen LogP contribution in [0.15, 0.2) is 82.7 Å². The molecule has 28 heavy (non-hydrogen) atoms. The van der Waals surface area contributed by atoms with E-state index in [4.69, 9.17) is 8.92 Å². The molecule has 0 aliphatic heterocycles. The van der Waals surface area contributed by atoms with Gasteiger partial charge in [0, 0.05) is 11.8 Å². The Balaban J connectivity index is 1.82. The third kappa shape index (κ3) is 4.98. The average Bonchev–Trinajstić information content (AvgIpc) is 2.69. The first-order valence-electron chi connectivity index (χ1n) is 8.85. The van der Waals surface area contributed by atoms with E-state index in [1.165, 1.54) is 12.1 Å². The molecule has 0 bridgehead atoms. The van der Waals surface area contributed by atoms with Gasteiger partial charge in [0.05, 0.1) is 12.3 Å². The van der Waals surface area contributed by atoms with E-state index in [0.717, 1.165) is 17.0 Å². The number of rotatable bonds is 7. The van der Waals surface area contributed by atoms with Crippen molar-refractivity contribution in [3.63, 3.8) is 0 Å². The van der Waals surface area contributed by atoms with Crippen molar-refractivity contribution >= 4 is 22.0 Å². The average molecular weight is 395 g/mol. The van der Waals surface area contributed by atoms with Gasteiger partial charge < -0.3 is 8.92 Å². The molecule has 3 aromatic carbocycles. The van der Waals surface area contributed by atoms with Crippen LogP contribution in [-0.2, 0) is 10.1 Å². The first-order chi connectivity index (χ1) is 13.5. The number of ether oxygens (including phenoxy) is 1. The topological polar surface area (TPSA) is 65.0 Å². The number of nitrogens with zero attached hydrogens (tertiary/aromatic N) is 1. The van der Waals surface area contributed by atoms with Crippen molar-refractivity contribution in [2.24, 2.45) is 4.99 Å². The summed E-state index contributed by atoms with van der Waals surface area (Å²) in [5.74, 6) is 0.993. The largest absolute Gasteiger partial charge is 0.494 e. The van der Waals surface area contributed by atoms with E-state index in [0.29, 0.717) is 12.2 Å². The summed E-state index contributed by atoms with van der Waals surface area (Å²) in [6.45, 7) is 4.42. The van der Waals surface area contributed by atoms with Crippen molar-refractivity contribution in [3.05, 3.63) is 83.9 Å². The van der Waals surface area contributed by atoms with Gasteiger partial charge in [-0.05, 0) is 62.4 Å². The first kappa shape index (κ1) is 19.6. The van der Waals surface area contributed by atoms with Crippen molar-refractivity contribution in [2.45, 2.75) is 18.7 Å². The first-order valence-corrected chi connectivity index (χ1v) is 10.3. The van der Waals surface area contributed by atoms with Gasteiger partial charge in [0.2, 0.25) is 0 Å². The molecule has 6 heteroatoms. The van der Waals surface area contributed by atoms with Gasteiger partial charge in [0.1, 0.15) is 10.6 Å². The zero-order valence-electron chi connectivity index (χ0n) is 15.7. The van der Waals surface area contributed by atoms with E-state index >= 15 is 0 Å². The normalized spacial score (nSPS) is 11.5. The van der Waals surface area contributed by atoms with Gasteiger partial charge in [-0.1, -0.05) is 29.8 Å². The molecule has 0 spiro atoms. The third-order valence-corrected chi connectivity index (χ3v) is 5.18. The van der Waals surface area contributed by atoms with E-state index in [-0.39, 0.29) is 10.6 Å². The maximum atomic E-state index is 12.6. The summed E-state index contributed by atoms with van der Waals surface area (Å²) in [7, 11) is -3.93. The van der Waals surface area contributed by atoms with Crippen LogP contribution in [0.25, 0.3) is 0 Å². The van der Waals surface area contributed by atoms with E-state index in [1.54, 1.807) is 42.6 Å². The minimum Gasteiger partial charge on any atom is -0.494 e. The van der Waals surface area contributed by atoms with E-state index in [1.807, 2.05) is 38.1 Å². The monoisotopic (exact) mass is 395 g/mol. The predicted octanol–water partition coefficient (Wildman–Crippen LogP) is 4.91. The van der Waals surface area contributed by atoms with Crippen LogP contribution in [0, 0.1) is 6.92 Å². The Morgan fingerprint density at radius 2 is 1.61 bits per heavy atom. The SMILES string of the molecule is CCOc1ccc(N=Cc2ccccc2OS(=O)(=O)c2ccc(C)cc2)cc1. The van der Waals surface area contributed by atoms with Crippen molar-refractivity contribution in [1.29, 1.82) is 0 Å². The lowest BCUT2D eigenvalue weighted by atomic mass is 10.2. The van der Waals surface area contributed by atoms with Crippen LogP contribution in [0.3, 0.4) is 0 Å². The van der Waals surface area contributed by atoms with Crippen molar-refractivity contribution in [1.82, 2.24) is 0 Å². The Labute approximate surface area is 165 Å². The molecule has 0 atom stereocenters. The Morgan fingerprint density at radius 1 is 0.929 bits per heavy atom. The number of hydrogen-bond acceptors (Lipinski definition) is 5. The van der Waals surface area contributed by atoms with Gasteiger partial charge in [0.25, 0.3) is 0 Å². The fourth-order valence-electron chi connectivity index (χ4n) is 2.47. The fraction of sp³-hybridized carbons (Fsp3) is 0.136. The summed E-state index contributed by atoms with van der Waals surface area (Å²) in [5.41, 5.74) is 2.26. The van der Waals surface area contributed by atoms with Gasteiger partial charge >= 0.3 is 10.1 Å². The lowest BCUT2D eigenvalue weighted by Gasteiger charge is -2.09. The van der Waals surface area contributed by atoms with Crippen LogP contribution in [0.4, 0.5) is 5.69 Å². The molecule has 0 N–H and O–H groups in total. The lowest BCUT2D eigenvalue weighted by molar-refractivity contribution is 0.340. The fourth-order valence-corrected chi connectivity index (χ4v) is 3.43. The van der Waals surface area contributed by atoms with Crippen molar-refractivity contribution in [2.75, 3.05) is 6.61 Å². The van der Waals surface area contributed by atoms with Crippen LogP contribution in [0.1, 0.15) is 18.1 Å². The van der Waals surface area contributed by atoms with Gasteiger partial charge in [-0.25, -0.2) is 0 Å². The van der Waals surface area contributed by atoms with Crippen LogP contribution in [0.2, 0.25) is 0 Å². The second-order valence-electron chi connectivity index (χ2n) is 6.07. The molecule has 0 radical (unpaired) electrons. The molecule has 0 heterocycles. The molecule has 0 fully saturated rings. The number of benzene rings is 3. The molecule has 0 aliphatic rings. The zero-order valence-corrected chi connectivity index (χ0v) is 16.5. The summed E-state index contributed by atoms with van der Waals surface area (Å²) in [6.07, 6.45) is 1.58. The maximum Gasteiger partial charge on any atom is 0.339 e. The second kappa shape index (κ2) is 8.71. The quantitative estimate of drug-likeness (QED) is 0.421. The van der Waals surface area contributed by atoms with Crippen LogP contribution in [0.5, 0.6) is 11.5 Å². The Morgan fingerprint density at radius 3 is 2.29 bits per heavy atom. The third-order valence-electron chi connectivity index (χ3n) is 3.93. The molecule has 0 saturated heterocycles. The molecule has 3 aromatic rings. The van der Waals surface area contributed by atoms with Gasteiger partial charge in [-0.2, -0.15) is 8.42 Å². The molecular formula is C22H21NO4S. The highest BCUT2D eigenvalue weighted by Crippen LogP contribution is 2.23. The minimum atomic E-state index is -3.93. The summed E-state index contributed by atoms with van der Waals surface area (Å²) in [5, 5.41) is 0. The summed E-state index contributed by atoms with van der Waals surface area (Å²) in [6, 6.07) is 20.7. The molecular weight excluding hydrogens is 374 g/mol. The zero-order chi connectivity index (χ0) is 20.0. The minimum absolute atomic E-state index is 0.108. The molecule has 0 aromatic heterocycles. The van der Waals surface area contributed by atoms with Crippen molar-refractivity contribution in [3.8, 4) is 11.5 Å². The number of hydrogen-bond donors (Lipinski definition) is 0. The van der Waals surface area contributed by atoms with E-state index in [9.17, 15) is 8.42 Å². The Kier molecular flexibility index (Phi) is 6.11. The summed E-state index contributed by atoms with van der Waals surface area (Å²) in [4.78, 5) is 4.51. The van der Waals surface area contributed by atoms with E-state index < -0.39 is 10.1 Å². The molecule has 5 nitrogen and oxygen atoms in total. The highest BCUT2D eigenvalue weighted by molar-refractivity contribution is 7.87. The Bertz CT molecular complexity index is 1060. The Hall–Kier alpha value is -3.12. The smallest absolute Gasteiger partial charge is 0.339 e. The molecule has 0 amide bonds. The number of aryl methyl sites for hydroxylation is 1. The molecule has 0 aliphatic carbocycles. The second-order valence-corrected chi connectivity index (χ2v) is 7.62. The van der Waals surface area contributed by atoms with Gasteiger partial charge in [0.15, 0.2) is 5.75 Å². The lowest BCUT2D eigenvalue weighted by Crippen LogP contribution is -2.10. The number of para-hydroxylation sites is 1. The molecule has 3 rings (SSSR count). The summed E-state index contributed by atoms with van der Waals surface area (Å²) < 4.78 is 35.9. The van der Waals surface area contributed by atoms with Crippen LogP contribution >= 0.6 is 0 Å². The number of aliphatic imine (C=N–C) groups is 1. The highest BCUT2D eigenvalue weighted by atomic mass is 32.2. The molecule has 0 unspecified atom stereocenters. The standard InChI is InChI=1S/C22H21NO4S/c1-3-26-20-12-10-19(11-13-20)23-16-18-6-4-5-7-22(18)27-28(24,25)21-14-8-17(2)9-15-21/h4-16H,3H2,1-2H3. The molecule has 0 saturated carbocycles.